The Labute approximate surface area is 418 Å². The molecule has 14 N–H and O–H groups in total. The summed E-state index contributed by atoms with van der Waals surface area (Å²) in [6.07, 6.45) is -0.142. The molecule has 6 amide bonds. The third kappa shape index (κ3) is 17.8. The summed E-state index contributed by atoms with van der Waals surface area (Å²) in [5.74, 6) is -7.33. The van der Waals surface area contributed by atoms with E-state index in [1.807, 2.05) is 31.2 Å². The van der Waals surface area contributed by atoms with Crippen molar-refractivity contribution in [3.05, 3.63) is 71.9 Å². The minimum atomic E-state index is -1.78. The topological polar surface area (TPSA) is 335 Å². The number of ketones is 2. The van der Waals surface area contributed by atoms with E-state index in [-0.39, 0.29) is 37.3 Å². The number of H-pyrrole nitrogens is 1. The molecule has 23 heteroatoms. The zero-order valence-electron chi connectivity index (χ0n) is 39.9. The van der Waals surface area contributed by atoms with Gasteiger partial charge in [-0.05, 0) is 76.9 Å². The van der Waals surface area contributed by atoms with Gasteiger partial charge in [0.15, 0.2) is 0 Å². The molecule has 3 aromatic rings. The monoisotopic (exact) mass is 1010 g/mol. The van der Waals surface area contributed by atoms with Gasteiger partial charge in [0.05, 0.1) is 30.9 Å². The molecule has 0 aliphatic rings. The lowest BCUT2D eigenvalue weighted by Gasteiger charge is -2.29. The van der Waals surface area contributed by atoms with Crippen molar-refractivity contribution in [1.82, 2.24) is 47.5 Å². The quantitative estimate of drug-likeness (QED) is 0.0178. The van der Waals surface area contributed by atoms with E-state index in [0.29, 0.717) is 36.9 Å². The molecule has 0 fully saturated rings. The van der Waals surface area contributed by atoms with E-state index in [1.165, 1.54) is 13.8 Å². The molecule has 0 saturated heterocycles. The van der Waals surface area contributed by atoms with Crippen LogP contribution in [0.25, 0.3) is 10.9 Å². The number of hydrogen-bond donors (Lipinski definition) is 15. The number of aromatic amines is 1. The summed E-state index contributed by atoms with van der Waals surface area (Å²) in [5.41, 5.74) is 7.80. The minimum Gasteiger partial charge on any atom is -0.394 e. The molecular formula is C47H70N10O11S2. The molecule has 386 valence electrons. The number of hydrogen-bond acceptors (Lipinski definition) is 16. The maximum absolute atomic E-state index is 14.2. The molecule has 10 atom stereocenters. The number of carbonyl (C=O) groups is 8. The van der Waals surface area contributed by atoms with E-state index in [2.05, 4.69) is 72.8 Å². The van der Waals surface area contributed by atoms with Crippen LogP contribution in [0.1, 0.15) is 57.6 Å². The molecule has 21 nitrogen and oxygen atoms in total. The molecular weight excluding hydrogens is 945 g/mol. The Hall–Kier alpha value is -5.40. The second kappa shape index (κ2) is 30.4. The van der Waals surface area contributed by atoms with E-state index >= 15 is 0 Å². The van der Waals surface area contributed by atoms with E-state index in [1.54, 1.807) is 43.6 Å². The number of aliphatic hydroxyl groups excluding tert-OH is 3. The predicted molar refractivity (Wildman–Crippen MR) is 270 cm³/mol. The summed E-state index contributed by atoms with van der Waals surface area (Å²) >= 11 is 8.37. The molecule has 0 aliphatic heterocycles. The third-order valence-electron chi connectivity index (χ3n) is 11.4. The highest BCUT2D eigenvalue weighted by molar-refractivity contribution is 7.80. The van der Waals surface area contributed by atoms with Gasteiger partial charge in [-0.25, -0.2) is 0 Å². The highest BCUT2D eigenvalue weighted by Gasteiger charge is 2.38. The Morgan fingerprint density at radius 2 is 1.13 bits per heavy atom. The number of aromatic nitrogens is 1. The number of benzene rings is 2. The normalized spacial score (nSPS) is 15.6. The van der Waals surface area contributed by atoms with Crippen molar-refractivity contribution in [2.75, 3.05) is 38.2 Å². The molecule has 2 aromatic carbocycles. The molecule has 1 aromatic heterocycles. The SMILES string of the molecule is CCCN[C@@H](CS)C(=O)C(=O)[C@H](CO)NC(=O)[C@@H](NC(=O)[C@H](Cc1ccccc1)NC(=O)[C@@H](NC(=O)[C@H](CCCCN)NC(=O)C(Cc1c[nH]c2ccccc12)NC(=O)[C@H](CS)NC)[C@@H](C)O)[C@@H](C)O. The smallest absolute Gasteiger partial charge is 0.245 e. The number of nitrogens with two attached hydrogens (primary N) is 1. The minimum absolute atomic E-state index is 0.0242. The van der Waals surface area contributed by atoms with Gasteiger partial charge < -0.3 is 68.6 Å². The highest BCUT2D eigenvalue weighted by Crippen LogP contribution is 2.20. The largest absolute Gasteiger partial charge is 0.394 e. The Balaban J connectivity index is 1.89. The summed E-state index contributed by atoms with van der Waals surface area (Å²) in [7, 11) is 1.57. The second-order valence-electron chi connectivity index (χ2n) is 16.9. The van der Waals surface area contributed by atoms with E-state index in [4.69, 9.17) is 5.73 Å². The molecule has 70 heavy (non-hydrogen) atoms. The first kappa shape index (κ1) is 58.9. The number of aliphatic hydroxyl groups is 3. The average Bonchev–Trinajstić information content (AvgIpc) is 3.75. The molecule has 3 rings (SSSR count). The summed E-state index contributed by atoms with van der Waals surface area (Å²) < 4.78 is 0. The summed E-state index contributed by atoms with van der Waals surface area (Å²) in [6, 6.07) is 4.74. The molecule has 0 spiro atoms. The van der Waals surface area contributed by atoms with Crippen molar-refractivity contribution in [3.63, 3.8) is 0 Å². The van der Waals surface area contributed by atoms with Crippen LogP contribution in [0.15, 0.2) is 60.8 Å². The fourth-order valence-corrected chi connectivity index (χ4v) is 7.98. The van der Waals surface area contributed by atoms with Crippen LogP contribution in [0, 0.1) is 0 Å². The molecule has 0 bridgehead atoms. The molecule has 1 heterocycles. The van der Waals surface area contributed by atoms with E-state index in [0.717, 1.165) is 10.9 Å². The summed E-state index contributed by atoms with van der Waals surface area (Å²) in [5, 5.41) is 53.3. The maximum Gasteiger partial charge on any atom is 0.245 e. The van der Waals surface area contributed by atoms with Gasteiger partial charge in [-0.1, -0.05) is 55.5 Å². The van der Waals surface area contributed by atoms with Crippen LogP contribution in [0.3, 0.4) is 0 Å². The standard InChI is InChI=1S/C47H70N10O11S2/c1-5-19-50-36(24-69)41(62)40(61)35(23-58)55-47(68)39(27(3)60)57-44(65)33(20-28-13-7-6-8-14-28)54-46(67)38(26(2)59)56-42(63)32(17-11-12-18-48)52-43(64)34(53-45(66)37(25-70)49-4)21-29-22-51-31-16-10-9-15-30(29)31/h6-10,13-16,22,26-27,32-39,49-51,58-60,69-70H,5,11-12,17-21,23-25,48H2,1-4H3,(H,52,64)(H,53,66)(H,54,67)(H,55,68)(H,56,63)(H,57,65)/t26-,27-,32+,33+,34?,35+,36+,37+,38+,39+/m1/s1. The van der Waals surface area contributed by atoms with Crippen LogP contribution in [0.5, 0.6) is 0 Å². The van der Waals surface area contributed by atoms with Crippen molar-refractivity contribution >= 4 is 83.2 Å². The van der Waals surface area contributed by atoms with Crippen molar-refractivity contribution < 1.29 is 53.7 Å². The number of fused-ring (bicyclic) bond motifs is 1. The number of para-hydroxylation sites is 1. The molecule has 1 unspecified atom stereocenters. The van der Waals surface area contributed by atoms with Gasteiger partial charge in [0.2, 0.25) is 47.0 Å². The van der Waals surface area contributed by atoms with Crippen LogP contribution in [-0.4, -0.2) is 166 Å². The number of rotatable bonds is 32. The first-order valence-electron chi connectivity index (χ1n) is 23.2. The maximum atomic E-state index is 14.2. The zero-order valence-corrected chi connectivity index (χ0v) is 41.7. The number of carbonyl (C=O) groups excluding carboxylic acids is 8. The number of likely N-dealkylation sites (N-methyl/N-ethyl adjacent to an activating group) is 1. The Morgan fingerprint density at radius 3 is 1.69 bits per heavy atom. The Kier molecular flexibility index (Phi) is 25.6. The summed E-state index contributed by atoms with van der Waals surface area (Å²) in [4.78, 5) is 113. The first-order valence-corrected chi connectivity index (χ1v) is 24.5. The Bertz CT molecular complexity index is 2190. The van der Waals surface area contributed by atoms with Gasteiger partial charge in [-0.15, -0.1) is 0 Å². The van der Waals surface area contributed by atoms with Crippen LogP contribution in [-0.2, 0) is 51.2 Å². The fourth-order valence-electron chi connectivity index (χ4n) is 7.34. The lowest BCUT2D eigenvalue weighted by atomic mass is 10.0. The average molecular weight is 1020 g/mol. The molecule has 0 aliphatic carbocycles. The number of thiol groups is 2. The van der Waals surface area contributed by atoms with Gasteiger partial charge in [0, 0.05) is 41.4 Å². The summed E-state index contributed by atoms with van der Waals surface area (Å²) in [6.45, 7) is 3.91. The highest BCUT2D eigenvalue weighted by atomic mass is 32.1. The van der Waals surface area contributed by atoms with Crippen molar-refractivity contribution in [1.29, 1.82) is 0 Å². The van der Waals surface area contributed by atoms with Gasteiger partial charge in [0.1, 0.15) is 36.3 Å². The number of nitrogens with one attached hydrogen (secondary N) is 9. The van der Waals surface area contributed by atoms with Crippen LogP contribution in [0.2, 0.25) is 0 Å². The molecule has 0 saturated carbocycles. The van der Waals surface area contributed by atoms with Crippen LogP contribution in [0.4, 0.5) is 0 Å². The van der Waals surface area contributed by atoms with E-state index < -0.39 is 114 Å². The van der Waals surface area contributed by atoms with Crippen molar-refractivity contribution in [2.45, 2.75) is 120 Å². The van der Waals surface area contributed by atoms with Crippen molar-refractivity contribution in [2.24, 2.45) is 5.73 Å². The lowest BCUT2D eigenvalue weighted by molar-refractivity contribution is -0.141. The van der Waals surface area contributed by atoms with E-state index in [9.17, 15) is 53.7 Å². The first-order chi connectivity index (χ1) is 33.4. The van der Waals surface area contributed by atoms with Gasteiger partial charge >= 0.3 is 0 Å². The second-order valence-corrected chi connectivity index (χ2v) is 17.6. The van der Waals surface area contributed by atoms with Gasteiger partial charge in [0.25, 0.3) is 0 Å². The number of unbranched alkanes of at least 4 members (excludes halogenated alkanes) is 1. The Morgan fingerprint density at radius 1 is 0.629 bits per heavy atom. The van der Waals surface area contributed by atoms with Gasteiger partial charge in [-0.3, -0.25) is 38.4 Å². The number of Topliss-reactive ketones (excluding diaryl/α,β-unsaturated/α-hetero) is 2. The fraction of sp³-hybridized carbons (Fsp3) is 0.532. The predicted octanol–water partition coefficient (Wildman–Crippen LogP) is -2.30. The van der Waals surface area contributed by atoms with Crippen molar-refractivity contribution in [3.8, 4) is 0 Å². The number of amides is 6. The third-order valence-corrected chi connectivity index (χ3v) is 12.1. The van der Waals surface area contributed by atoms with Crippen LogP contribution < -0.4 is 48.3 Å². The van der Waals surface area contributed by atoms with Crippen LogP contribution >= 0.6 is 25.3 Å². The zero-order chi connectivity index (χ0) is 51.9. The lowest BCUT2D eigenvalue weighted by Crippen LogP contribution is -2.63. The van der Waals surface area contributed by atoms with Gasteiger partial charge in [-0.2, -0.15) is 25.3 Å². The molecule has 0 radical (unpaired) electrons.